The monoisotopic (exact) mass is 313 g/mol. The summed E-state index contributed by atoms with van der Waals surface area (Å²) in [5.41, 5.74) is 6.93. The van der Waals surface area contributed by atoms with Crippen molar-refractivity contribution in [1.82, 2.24) is 0 Å². The van der Waals surface area contributed by atoms with Gasteiger partial charge in [-0.25, -0.2) is 0 Å². The summed E-state index contributed by atoms with van der Waals surface area (Å²) in [7, 11) is 3.73. The van der Waals surface area contributed by atoms with E-state index in [0.717, 1.165) is 5.69 Å². The summed E-state index contributed by atoms with van der Waals surface area (Å²) in [5.74, 6) is -0.231. The lowest BCUT2D eigenvalue weighted by Crippen LogP contribution is -2.33. The first kappa shape index (κ1) is 19.7. The van der Waals surface area contributed by atoms with E-state index in [2.05, 4.69) is 5.32 Å². The molecule has 0 bridgehead atoms. The van der Waals surface area contributed by atoms with Crippen LogP contribution in [0.1, 0.15) is 6.92 Å². The van der Waals surface area contributed by atoms with Crippen molar-refractivity contribution in [2.24, 2.45) is 5.73 Å². The molecule has 4 nitrogen and oxygen atoms in total. The van der Waals surface area contributed by atoms with Crippen LogP contribution < -0.4 is 16.0 Å². The van der Waals surface area contributed by atoms with Gasteiger partial charge in [-0.15, -0.1) is 24.8 Å². The van der Waals surface area contributed by atoms with E-state index in [1.807, 2.05) is 19.0 Å². The van der Waals surface area contributed by atoms with Gasteiger partial charge in [-0.3, -0.25) is 4.79 Å². The zero-order valence-corrected chi connectivity index (χ0v) is 12.8. The fourth-order valence-electron chi connectivity index (χ4n) is 1.32. The molecule has 0 saturated carbocycles. The normalized spacial score (nSPS) is 10.7. The van der Waals surface area contributed by atoms with E-state index in [1.54, 1.807) is 25.1 Å². The van der Waals surface area contributed by atoms with Crippen molar-refractivity contribution < 1.29 is 4.79 Å². The standard InChI is InChI=1S/C11H16ClN3O.2ClH/c1-7(13)11(16)14-9-6-4-5-8(12)10(9)15(2)3;;/h4-7H,13H2,1-3H3,(H,14,16);2*1H/t7-;;/m1../s1. The van der Waals surface area contributed by atoms with Crippen LogP contribution in [-0.2, 0) is 4.79 Å². The summed E-state index contributed by atoms with van der Waals surface area (Å²) in [5, 5.41) is 3.33. The van der Waals surface area contributed by atoms with Gasteiger partial charge in [0.2, 0.25) is 5.91 Å². The Morgan fingerprint density at radius 3 is 2.39 bits per heavy atom. The number of rotatable bonds is 3. The number of hydrogen-bond acceptors (Lipinski definition) is 3. The van der Waals surface area contributed by atoms with Gasteiger partial charge in [0.15, 0.2) is 0 Å². The summed E-state index contributed by atoms with van der Waals surface area (Å²) in [6.45, 7) is 1.63. The number of benzene rings is 1. The Bertz CT molecular complexity index is 397. The molecule has 3 N–H and O–H groups in total. The van der Waals surface area contributed by atoms with E-state index in [0.29, 0.717) is 10.7 Å². The SMILES string of the molecule is C[C@@H](N)C(=O)Nc1cccc(Cl)c1N(C)C.Cl.Cl. The number of amides is 1. The third-order valence-corrected chi connectivity index (χ3v) is 2.41. The van der Waals surface area contributed by atoms with Crippen LogP contribution in [0.3, 0.4) is 0 Å². The van der Waals surface area contributed by atoms with Crippen LogP contribution >= 0.6 is 36.4 Å². The smallest absolute Gasteiger partial charge is 0.241 e. The zero-order valence-electron chi connectivity index (χ0n) is 10.4. The summed E-state index contributed by atoms with van der Waals surface area (Å²) in [6.07, 6.45) is 0. The molecular weight excluding hydrogens is 296 g/mol. The summed E-state index contributed by atoms with van der Waals surface area (Å²) in [6, 6.07) is 4.81. The number of anilines is 2. The first-order chi connectivity index (χ1) is 7.43. The highest BCUT2D eigenvalue weighted by Gasteiger charge is 2.13. The molecule has 7 heteroatoms. The van der Waals surface area contributed by atoms with Crippen molar-refractivity contribution in [3.8, 4) is 0 Å². The Kier molecular flexibility index (Phi) is 9.20. The Hall–Kier alpha value is -0.680. The van der Waals surface area contributed by atoms with Crippen molar-refractivity contribution in [2.45, 2.75) is 13.0 Å². The number of nitrogens with two attached hydrogens (primary N) is 1. The van der Waals surface area contributed by atoms with Gasteiger partial charge in [0.1, 0.15) is 0 Å². The summed E-state index contributed by atoms with van der Waals surface area (Å²) < 4.78 is 0. The van der Waals surface area contributed by atoms with Crippen LogP contribution in [0.2, 0.25) is 5.02 Å². The molecule has 0 saturated heterocycles. The average Bonchev–Trinajstić information content (AvgIpc) is 2.16. The first-order valence-corrected chi connectivity index (χ1v) is 5.33. The number of hydrogen-bond donors (Lipinski definition) is 2. The van der Waals surface area contributed by atoms with Gasteiger partial charge < -0.3 is 16.0 Å². The molecule has 1 aromatic carbocycles. The minimum absolute atomic E-state index is 0. The second-order valence-electron chi connectivity index (χ2n) is 3.81. The molecule has 0 aliphatic heterocycles. The maximum Gasteiger partial charge on any atom is 0.241 e. The largest absolute Gasteiger partial charge is 0.375 e. The second-order valence-corrected chi connectivity index (χ2v) is 4.22. The molecular formula is C11H18Cl3N3O. The van der Waals surface area contributed by atoms with Gasteiger partial charge >= 0.3 is 0 Å². The predicted octanol–water partition coefficient (Wildman–Crippen LogP) is 2.54. The van der Waals surface area contributed by atoms with Gasteiger partial charge in [-0.05, 0) is 19.1 Å². The highest BCUT2D eigenvalue weighted by molar-refractivity contribution is 6.34. The molecule has 0 spiro atoms. The van der Waals surface area contributed by atoms with Gasteiger partial charge in [0.05, 0.1) is 22.4 Å². The Balaban J connectivity index is 0. The Morgan fingerprint density at radius 2 is 1.94 bits per heavy atom. The van der Waals surface area contributed by atoms with Crippen molar-refractivity contribution in [1.29, 1.82) is 0 Å². The van der Waals surface area contributed by atoms with Crippen molar-refractivity contribution in [3.63, 3.8) is 0 Å². The minimum Gasteiger partial charge on any atom is -0.375 e. The van der Waals surface area contributed by atoms with Crippen molar-refractivity contribution >= 4 is 53.7 Å². The zero-order chi connectivity index (χ0) is 12.3. The Labute approximate surface area is 125 Å². The topological polar surface area (TPSA) is 58.4 Å². The first-order valence-electron chi connectivity index (χ1n) is 4.95. The fraction of sp³-hybridized carbons (Fsp3) is 0.364. The lowest BCUT2D eigenvalue weighted by molar-refractivity contribution is -0.117. The molecule has 0 fully saturated rings. The van der Waals surface area contributed by atoms with Gasteiger partial charge in [0, 0.05) is 14.1 Å². The number of para-hydroxylation sites is 1. The molecule has 18 heavy (non-hydrogen) atoms. The van der Waals surface area contributed by atoms with Crippen molar-refractivity contribution in [2.75, 3.05) is 24.3 Å². The lowest BCUT2D eigenvalue weighted by atomic mass is 10.2. The molecule has 0 radical (unpaired) electrons. The average molecular weight is 315 g/mol. The maximum atomic E-state index is 11.5. The fourth-order valence-corrected chi connectivity index (χ4v) is 1.66. The van der Waals surface area contributed by atoms with Gasteiger partial charge in [-0.2, -0.15) is 0 Å². The van der Waals surface area contributed by atoms with E-state index < -0.39 is 6.04 Å². The van der Waals surface area contributed by atoms with Crippen LogP contribution in [0.25, 0.3) is 0 Å². The highest BCUT2D eigenvalue weighted by Crippen LogP contribution is 2.32. The lowest BCUT2D eigenvalue weighted by Gasteiger charge is -2.19. The van der Waals surface area contributed by atoms with E-state index in [4.69, 9.17) is 17.3 Å². The van der Waals surface area contributed by atoms with Gasteiger partial charge in [0.25, 0.3) is 0 Å². The van der Waals surface area contributed by atoms with Gasteiger partial charge in [-0.1, -0.05) is 17.7 Å². The third-order valence-electron chi connectivity index (χ3n) is 2.11. The van der Waals surface area contributed by atoms with E-state index in [-0.39, 0.29) is 30.7 Å². The molecule has 0 aliphatic carbocycles. The van der Waals surface area contributed by atoms with Crippen LogP contribution in [0.5, 0.6) is 0 Å². The van der Waals surface area contributed by atoms with Crippen LogP contribution in [-0.4, -0.2) is 26.0 Å². The number of halogens is 3. The highest BCUT2D eigenvalue weighted by atomic mass is 35.5. The molecule has 0 unspecified atom stereocenters. The molecule has 0 aromatic heterocycles. The molecule has 1 aromatic rings. The molecule has 0 heterocycles. The number of carbonyl (C=O) groups is 1. The third kappa shape index (κ3) is 4.90. The number of carbonyl (C=O) groups excluding carboxylic acids is 1. The molecule has 1 rings (SSSR count). The number of nitrogens with one attached hydrogen (secondary N) is 1. The summed E-state index contributed by atoms with van der Waals surface area (Å²) in [4.78, 5) is 13.3. The second kappa shape index (κ2) is 8.43. The maximum absolute atomic E-state index is 11.5. The predicted molar refractivity (Wildman–Crippen MR) is 82.6 cm³/mol. The molecule has 1 amide bonds. The summed E-state index contributed by atoms with van der Waals surface area (Å²) >= 11 is 6.06. The van der Waals surface area contributed by atoms with Crippen LogP contribution in [0, 0.1) is 0 Å². The molecule has 1 atom stereocenters. The quantitative estimate of drug-likeness (QED) is 0.901. The molecule has 104 valence electrons. The Morgan fingerprint density at radius 1 is 1.39 bits per heavy atom. The van der Waals surface area contributed by atoms with Crippen LogP contribution in [0.15, 0.2) is 18.2 Å². The number of nitrogens with zero attached hydrogens (tertiary/aromatic N) is 1. The van der Waals surface area contributed by atoms with E-state index in [1.165, 1.54) is 0 Å². The van der Waals surface area contributed by atoms with Crippen LogP contribution in [0.4, 0.5) is 11.4 Å². The molecule has 0 aliphatic rings. The minimum atomic E-state index is -0.547. The van der Waals surface area contributed by atoms with E-state index in [9.17, 15) is 4.79 Å². The van der Waals surface area contributed by atoms with E-state index >= 15 is 0 Å². The van der Waals surface area contributed by atoms with Crippen molar-refractivity contribution in [3.05, 3.63) is 23.2 Å².